The van der Waals surface area contributed by atoms with Gasteiger partial charge >= 0.3 is 0 Å². The Labute approximate surface area is 121 Å². The van der Waals surface area contributed by atoms with E-state index >= 15 is 0 Å². The fraction of sp³-hybridized carbons (Fsp3) is 0.688. The third-order valence-electron chi connectivity index (χ3n) is 3.43. The van der Waals surface area contributed by atoms with Crippen molar-refractivity contribution < 1.29 is 9.47 Å². The molecular formula is C16H26N2O2. The molecule has 112 valence electrons. The zero-order valence-corrected chi connectivity index (χ0v) is 13.0. The highest BCUT2D eigenvalue weighted by Crippen LogP contribution is 2.25. The molecule has 4 nitrogen and oxygen atoms in total. The van der Waals surface area contributed by atoms with Crippen LogP contribution < -0.4 is 10.1 Å². The van der Waals surface area contributed by atoms with Crippen LogP contribution in [0.25, 0.3) is 0 Å². The molecule has 2 unspecified atom stereocenters. The van der Waals surface area contributed by atoms with E-state index in [4.69, 9.17) is 9.47 Å². The summed E-state index contributed by atoms with van der Waals surface area (Å²) < 4.78 is 11.4. The molecule has 0 bridgehead atoms. The number of methoxy groups -OCH3 is 1. The molecule has 1 aliphatic rings. The van der Waals surface area contributed by atoms with Gasteiger partial charge in [-0.15, -0.1) is 0 Å². The first kappa shape index (κ1) is 15.1. The van der Waals surface area contributed by atoms with Gasteiger partial charge in [0.05, 0.1) is 6.10 Å². The summed E-state index contributed by atoms with van der Waals surface area (Å²) in [7, 11) is 1.78. The summed E-state index contributed by atoms with van der Waals surface area (Å²) in [5, 5.41) is 3.36. The smallest absolute Gasteiger partial charge is 0.215 e. The van der Waals surface area contributed by atoms with Crippen LogP contribution in [0.3, 0.4) is 0 Å². The first-order chi connectivity index (χ1) is 9.46. The molecule has 0 spiro atoms. The largest absolute Gasteiger partial charge is 0.474 e. The van der Waals surface area contributed by atoms with Crippen molar-refractivity contribution in [3.05, 3.63) is 18.2 Å². The van der Waals surface area contributed by atoms with Crippen LogP contribution in [0.5, 0.6) is 5.88 Å². The summed E-state index contributed by atoms with van der Waals surface area (Å²) in [6.45, 7) is 6.35. The second-order valence-corrected chi connectivity index (χ2v) is 6.50. The number of anilines is 1. The number of hydrogen-bond donors (Lipinski definition) is 1. The first-order valence-corrected chi connectivity index (χ1v) is 7.41. The van der Waals surface area contributed by atoms with E-state index < -0.39 is 0 Å². The summed E-state index contributed by atoms with van der Waals surface area (Å²) in [6.07, 6.45) is 4.86. The Morgan fingerprint density at radius 1 is 1.20 bits per heavy atom. The van der Waals surface area contributed by atoms with E-state index in [9.17, 15) is 0 Å². The number of aromatic nitrogens is 1. The Hall–Kier alpha value is -1.29. The molecular weight excluding hydrogens is 252 g/mol. The van der Waals surface area contributed by atoms with Crippen molar-refractivity contribution in [2.45, 2.75) is 64.2 Å². The van der Waals surface area contributed by atoms with Crippen LogP contribution >= 0.6 is 0 Å². The maximum absolute atomic E-state index is 6.01. The highest BCUT2D eigenvalue weighted by atomic mass is 16.5. The highest BCUT2D eigenvalue weighted by molar-refractivity contribution is 5.39. The van der Waals surface area contributed by atoms with Crippen LogP contribution in [0.1, 0.15) is 46.5 Å². The molecule has 0 amide bonds. The molecule has 1 aliphatic carbocycles. The van der Waals surface area contributed by atoms with Gasteiger partial charge in [0.15, 0.2) is 0 Å². The average Bonchev–Trinajstić information content (AvgIpc) is 2.37. The molecule has 1 heterocycles. The average molecular weight is 278 g/mol. The lowest BCUT2D eigenvalue weighted by Gasteiger charge is -2.28. The van der Waals surface area contributed by atoms with E-state index in [1.165, 1.54) is 0 Å². The van der Waals surface area contributed by atoms with Crippen LogP contribution in [0, 0.1) is 0 Å². The number of pyridine rings is 1. The summed E-state index contributed by atoms with van der Waals surface area (Å²) in [4.78, 5) is 4.53. The molecule has 1 saturated carbocycles. The molecule has 2 atom stereocenters. The van der Waals surface area contributed by atoms with Gasteiger partial charge in [0.1, 0.15) is 11.9 Å². The van der Waals surface area contributed by atoms with Gasteiger partial charge in [0, 0.05) is 25.1 Å². The van der Waals surface area contributed by atoms with Crippen LogP contribution in [0.2, 0.25) is 0 Å². The molecule has 1 aromatic heterocycles. The SMILES string of the molecule is COC1CCCC(Oc2cccc(NC(C)(C)C)n2)C1. The van der Waals surface area contributed by atoms with Crippen LogP contribution in [0.15, 0.2) is 18.2 Å². The topological polar surface area (TPSA) is 43.4 Å². The van der Waals surface area contributed by atoms with E-state index in [1.54, 1.807) is 7.11 Å². The first-order valence-electron chi connectivity index (χ1n) is 7.41. The predicted molar refractivity (Wildman–Crippen MR) is 81.3 cm³/mol. The van der Waals surface area contributed by atoms with Gasteiger partial charge in [-0.1, -0.05) is 6.07 Å². The van der Waals surface area contributed by atoms with Crippen molar-refractivity contribution in [3.8, 4) is 5.88 Å². The lowest BCUT2D eigenvalue weighted by atomic mass is 9.95. The normalized spacial score (nSPS) is 23.4. The third kappa shape index (κ3) is 4.67. The quantitative estimate of drug-likeness (QED) is 0.913. The van der Waals surface area contributed by atoms with Crippen molar-refractivity contribution in [2.75, 3.05) is 12.4 Å². The van der Waals surface area contributed by atoms with Crippen molar-refractivity contribution >= 4 is 5.82 Å². The molecule has 2 rings (SSSR count). The van der Waals surface area contributed by atoms with Crippen molar-refractivity contribution in [3.63, 3.8) is 0 Å². The lowest BCUT2D eigenvalue weighted by Crippen LogP contribution is -2.30. The van der Waals surface area contributed by atoms with Crippen molar-refractivity contribution in [2.24, 2.45) is 0 Å². The Balaban J connectivity index is 1.97. The van der Waals surface area contributed by atoms with Gasteiger partial charge in [-0.2, -0.15) is 4.98 Å². The van der Waals surface area contributed by atoms with Gasteiger partial charge in [0.2, 0.25) is 5.88 Å². The zero-order valence-electron chi connectivity index (χ0n) is 13.0. The molecule has 0 aromatic carbocycles. The summed E-state index contributed by atoms with van der Waals surface area (Å²) in [5.41, 5.74) is -0.00237. The van der Waals surface area contributed by atoms with Gasteiger partial charge in [0.25, 0.3) is 0 Å². The zero-order chi connectivity index (χ0) is 14.6. The molecule has 0 saturated heterocycles. The Kier molecular flexibility index (Phi) is 4.86. The Bertz CT molecular complexity index is 429. The molecule has 1 fully saturated rings. The molecule has 20 heavy (non-hydrogen) atoms. The second kappa shape index (κ2) is 6.44. The minimum Gasteiger partial charge on any atom is -0.474 e. The van der Waals surface area contributed by atoms with Crippen molar-refractivity contribution in [1.82, 2.24) is 4.98 Å². The minimum absolute atomic E-state index is 0.00237. The molecule has 0 radical (unpaired) electrons. The summed E-state index contributed by atoms with van der Waals surface area (Å²) >= 11 is 0. The molecule has 1 N–H and O–H groups in total. The molecule has 1 aromatic rings. The monoisotopic (exact) mass is 278 g/mol. The highest BCUT2D eigenvalue weighted by Gasteiger charge is 2.23. The summed E-state index contributed by atoms with van der Waals surface area (Å²) in [6, 6.07) is 5.87. The van der Waals surface area contributed by atoms with E-state index in [0.29, 0.717) is 12.0 Å². The minimum atomic E-state index is -0.00237. The van der Waals surface area contributed by atoms with Gasteiger partial charge in [-0.25, -0.2) is 0 Å². The lowest BCUT2D eigenvalue weighted by molar-refractivity contribution is 0.0195. The van der Waals surface area contributed by atoms with Crippen molar-refractivity contribution in [1.29, 1.82) is 0 Å². The fourth-order valence-corrected chi connectivity index (χ4v) is 2.53. The maximum atomic E-state index is 6.01. The van der Waals surface area contributed by atoms with E-state index in [0.717, 1.165) is 31.5 Å². The third-order valence-corrected chi connectivity index (χ3v) is 3.43. The van der Waals surface area contributed by atoms with E-state index in [2.05, 4.69) is 31.1 Å². The number of nitrogens with zero attached hydrogens (tertiary/aromatic N) is 1. The van der Waals surface area contributed by atoms with E-state index in [1.807, 2.05) is 18.2 Å². The maximum Gasteiger partial charge on any atom is 0.215 e. The van der Waals surface area contributed by atoms with E-state index in [-0.39, 0.29) is 11.6 Å². The standard InChI is InChI=1S/C16H26N2O2/c1-16(2,3)18-14-9-6-10-15(17-14)20-13-8-5-7-12(11-13)19-4/h6,9-10,12-13H,5,7-8,11H2,1-4H3,(H,17,18). The van der Waals surface area contributed by atoms with Crippen LogP contribution in [-0.2, 0) is 4.74 Å². The van der Waals surface area contributed by atoms with Gasteiger partial charge in [-0.05, 0) is 46.1 Å². The van der Waals surface area contributed by atoms with Gasteiger partial charge < -0.3 is 14.8 Å². The number of nitrogens with one attached hydrogen (secondary N) is 1. The Morgan fingerprint density at radius 2 is 1.95 bits per heavy atom. The second-order valence-electron chi connectivity index (χ2n) is 6.50. The van der Waals surface area contributed by atoms with Crippen LogP contribution in [-0.4, -0.2) is 29.8 Å². The fourth-order valence-electron chi connectivity index (χ4n) is 2.53. The summed E-state index contributed by atoms with van der Waals surface area (Å²) in [5.74, 6) is 1.55. The van der Waals surface area contributed by atoms with Crippen LogP contribution in [0.4, 0.5) is 5.82 Å². The number of rotatable bonds is 4. The Morgan fingerprint density at radius 3 is 2.65 bits per heavy atom. The number of hydrogen-bond acceptors (Lipinski definition) is 4. The number of ether oxygens (including phenoxy) is 2. The molecule has 4 heteroatoms. The van der Waals surface area contributed by atoms with Gasteiger partial charge in [-0.3, -0.25) is 0 Å². The predicted octanol–water partition coefficient (Wildman–Crippen LogP) is 3.63. The molecule has 0 aliphatic heterocycles.